The first-order valence-corrected chi connectivity index (χ1v) is 11.4. The molecule has 0 saturated heterocycles. The zero-order valence-electron chi connectivity index (χ0n) is 19.0. The van der Waals surface area contributed by atoms with Gasteiger partial charge in [-0.3, -0.25) is 4.79 Å². The van der Waals surface area contributed by atoms with Crippen LogP contribution in [0.25, 0.3) is 0 Å². The number of hydrogen-bond acceptors (Lipinski definition) is 6. The lowest BCUT2D eigenvalue weighted by atomic mass is 9.46. The predicted molar refractivity (Wildman–Crippen MR) is 113 cm³/mol. The van der Waals surface area contributed by atoms with Crippen molar-refractivity contribution in [3.63, 3.8) is 0 Å². The van der Waals surface area contributed by atoms with E-state index < -0.39 is 11.7 Å². The molecular weight excluding hydrogens is 382 g/mol. The molecule has 0 aromatic carbocycles. The summed E-state index contributed by atoms with van der Waals surface area (Å²) in [6.45, 7) is 7.88. The maximum absolute atomic E-state index is 11.4. The lowest BCUT2D eigenvalue weighted by Gasteiger charge is -2.59. The third-order valence-electron chi connectivity index (χ3n) is 9.59. The van der Waals surface area contributed by atoms with Gasteiger partial charge in [-0.05, 0) is 68.6 Å². The molecule has 4 rings (SSSR count). The van der Waals surface area contributed by atoms with Crippen LogP contribution in [0.15, 0.2) is 16.8 Å². The summed E-state index contributed by atoms with van der Waals surface area (Å²) in [6, 6.07) is 0. The fraction of sp³-hybridized carbons (Fsp3) is 0.833. The van der Waals surface area contributed by atoms with Crippen LogP contribution < -0.4 is 0 Å². The number of allylic oxidation sites excluding steroid dienone is 1. The highest BCUT2D eigenvalue weighted by Crippen LogP contribution is 2.68. The van der Waals surface area contributed by atoms with Crippen molar-refractivity contribution in [1.82, 2.24) is 0 Å². The lowest BCUT2D eigenvalue weighted by molar-refractivity contribution is -0.149. The molecule has 4 aliphatic carbocycles. The van der Waals surface area contributed by atoms with Crippen molar-refractivity contribution < 1.29 is 24.6 Å². The van der Waals surface area contributed by atoms with E-state index in [9.17, 15) is 15.1 Å². The Morgan fingerprint density at radius 1 is 1.20 bits per heavy atom. The van der Waals surface area contributed by atoms with Crippen LogP contribution in [0.1, 0.15) is 72.6 Å². The Balaban J connectivity index is 1.66. The van der Waals surface area contributed by atoms with Gasteiger partial charge in [0.25, 0.3) is 0 Å². The van der Waals surface area contributed by atoms with E-state index in [0.717, 1.165) is 38.5 Å². The number of rotatable bonds is 3. The molecule has 0 spiro atoms. The SMILES string of the molecule is CO[C@@]1(/C(C)=N/O)[C@H](O)C[C@@H]2[C@H]3CC=C4C[C@@H](OC(C)=O)CC[C@]4(C)[C@@H]3CC[C@@]21C. The molecule has 0 heterocycles. The Kier molecular flexibility index (Phi) is 5.33. The van der Waals surface area contributed by atoms with Crippen LogP contribution in [0.5, 0.6) is 0 Å². The molecule has 0 aromatic heterocycles. The molecule has 4 aliphatic rings. The maximum atomic E-state index is 11.4. The first-order chi connectivity index (χ1) is 14.1. The third-order valence-corrected chi connectivity index (χ3v) is 9.59. The van der Waals surface area contributed by atoms with Crippen molar-refractivity contribution >= 4 is 11.7 Å². The number of methoxy groups -OCH3 is 1. The van der Waals surface area contributed by atoms with Crippen LogP contribution in [0, 0.1) is 28.6 Å². The van der Waals surface area contributed by atoms with E-state index in [2.05, 4.69) is 25.1 Å². The van der Waals surface area contributed by atoms with Crippen LogP contribution in [-0.2, 0) is 14.3 Å². The second-order valence-electron chi connectivity index (χ2n) is 10.6. The van der Waals surface area contributed by atoms with Crippen LogP contribution in [0.2, 0.25) is 0 Å². The van der Waals surface area contributed by atoms with E-state index in [1.807, 2.05) is 0 Å². The largest absolute Gasteiger partial charge is 0.462 e. The predicted octanol–water partition coefficient (Wildman–Crippen LogP) is 4.09. The molecule has 2 N–H and O–H groups in total. The Labute approximate surface area is 179 Å². The van der Waals surface area contributed by atoms with Crippen molar-refractivity contribution in [1.29, 1.82) is 0 Å². The van der Waals surface area contributed by atoms with Gasteiger partial charge < -0.3 is 19.8 Å². The van der Waals surface area contributed by atoms with Crippen LogP contribution in [0.4, 0.5) is 0 Å². The van der Waals surface area contributed by atoms with Gasteiger partial charge >= 0.3 is 5.97 Å². The van der Waals surface area contributed by atoms with Gasteiger partial charge in [0.2, 0.25) is 0 Å². The molecule has 0 aliphatic heterocycles. The number of carbonyl (C=O) groups excluding carboxylic acids is 1. The van der Waals surface area contributed by atoms with Gasteiger partial charge in [-0.2, -0.15) is 0 Å². The second-order valence-corrected chi connectivity index (χ2v) is 10.6. The lowest BCUT2D eigenvalue weighted by Crippen LogP contribution is -2.60. The second kappa shape index (κ2) is 7.33. The zero-order valence-corrected chi connectivity index (χ0v) is 19.0. The number of carbonyl (C=O) groups is 1. The van der Waals surface area contributed by atoms with Gasteiger partial charge in [0, 0.05) is 25.9 Å². The maximum Gasteiger partial charge on any atom is 0.302 e. The fourth-order valence-electron chi connectivity index (χ4n) is 8.21. The van der Waals surface area contributed by atoms with Gasteiger partial charge in [-0.25, -0.2) is 0 Å². The third kappa shape index (κ3) is 2.75. The molecule has 8 atom stereocenters. The number of ether oxygens (including phenoxy) is 2. The molecule has 0 bridgehead atoms. The first kappa shape index (κ1) is 21.8. The molecule has 30 heavy (non-hydrogen) atoms. The Morgan fingerprint density at radius 3 is 2.57 bits per heavy atom. The highest BCUT2D eigenvalue weighted by Gasteiger charge is 2.69. The molecule has 0 radical (unpaired) electrons. The molecule has 6 heteroatoms. The summed E-state index contributed by atoms with van der Waals surface area (Å²) in [7, 11) is 1.63. The van der Waals surface area contributed by atoms with E-state index in [4.69, 9.17) is 9.47 Å². The Bertz CT molecular complexity index is 778. The molecule has 0 amide bonds. The normalized spacial score (nSPS) is 48.3. The molecule has 0 aromatic rings. The summed E-state index contributed by atoms with van der Waals surface area (Å²) in [4.78, 5) is 11.4. The minimum absolute atomic E-state index is 0.00471. The molecule has 0 unspecified atom stereocenters. The summed E-state index contributed by atoms with van der Waals surface area (Å²) in [5.74, 6) is 1.15. The van der Waals surface area contributed by atoms with E-state index in [1.54, 1.807) is 14.0 Å². The quantitative estimate of drug-likeness (QED) is 0.236. The van der Waals surface area contributed by atoms with E-state index in [0.29, 0.717) is 29.9 Å². The van der Waals surface area contributed by atoms with Crippen LogP contribution >= 0.6 is 0 Å². The van der Waals surface area contributed by atoms with E-state index in [1.165, 1.54) is 12.5 Å². The molecule has 6 nitrogen and oxygen atoms in total. The number of nitrogens with zero attached hydrogens (tertiary/aromatic N) is 1. The number of fused-ring (bicyclic) bond motifs is 5. The van der Waals surface area contributed by atoms with Crippen molar-refractivity contribution in [2.75, 3.05) is 7.11 Å². The summed E-state index contributed by atoms with van der Waals surface area (Å²) in [5.41, 5.74) is 0.852. The molecular formula is C24H37NO5. The summed E-state index contributed by atoms with van der Waals surface area (Å²) in [5, 5.41) is 24.2. The number of hydrogen-bond donors (Lipinski definition) is 2. The average molecular weight is 420 g/mol. The van der Waals surface area contributed by atoms with E-state index in [-0.39, 0.29) is 22.9 Å². The number of aliphatic hydroxyl groups excluding tert-OH is 1. The molecule has 168 valence electrons. The molecule has 3 fully saturated rings. The summed E-state index contributed by atoms with van der Waals surface area (Å²) < 4.78 is 11.5. The monoisotopic (exact) mass is 419 g/mol. The Hall–Kier alpha value is -1.40. The average Bonchev–Trinajstić information content (AvgIpc) is 2.94. The van der Waals surface area contributed by atoms with Crippen molar-refractivity contribution in [2.45, 2.75) is 90.4 Å². The van der Waals surface area contributed by atoms with Crippen molar-refractivity contribution in [2.24, 2.45) is 33.7 Å². The van der Waals surface area contributed by atoms with Crippen LogP contribution in [0.3, 0.4) is 0 Å². The van der Waals surface area contributed by atoms with Gasteiger partial charge in [-0.1, -0.05) is 30.7 Å². The minimum Gasteiger partial charge on any atom is -0.462 e. The number of aliphatic hydroxyl groups is 1. The van der Waals surface area contributed by atoms with Crippen LogP contribution in [-0.4, -0.2) is 46.9 Å². The van der Waals surface area contributed by atoms with E-state index >= 15 is 0 Å². The van der Waals surface area contributed by atoms with Gasteiger partial charge in [0.1, 0.15) is 11.7 Å². The Morgan fingerprint density at radius 2 is 1.93 bits per heavy atom. The van der Waals surface area contributed by atoms with Gasteiger partial charge in [0.15, 0.2) is 0 Å². The number of esters is 1. The topological polar surface area (TPSA) is 88.3 Å². The summed E-state index contributed by atoms with van der Waals surface area (Å²) >= 11 is 0. The van der Waals surface area contributed by atoms with Gasteiger partial charge in [0.05, 0.1) is 11.8 Å². The van der Waals surface area contributed by atoms with Crippen molar-refractivity contribution in [3.05, 3.63) is 11.6 Å². The number of oxime groups is 1. The smallest absolute Gasteiger partial charge is 0.302 e. The first-order valence-electron chi connectivity index (χ1n) is 11.4. The highest BCUT2D eigenvalue weighted by atomic mass is 16.5. The summed E-state index contributed by atoms with van der Waals surface area (Å²) in [6.07, 6.45) is 8.20. The van der Waals surface area contributed by atoms with Gasteiger partial charge in [-0.15, -0.1) is 0 Å². The van der Waals surface area contributed by atoms with Crippen molar-refractivity contribution in [3.8, 4) is 0 Å². The minimum atomic E-state index is -0.935. The fourth-order valence-corrected chi connectivity index (χ4v) is 8.21. The standard InChI is InChI=1S/C24H37NO5/c1-14(25-28)24(29-5)21(27)13-20-18-7-6-16-12-17(30-15(2)26)8-10-22(16,3)19(18)9-11-23(20,24)4/h6,17-21,27-28H,7-13H2,1-5H3/b25-14+/t17-,18-,19+,20+,21+,22-,23-,24-/m0/s1. The zero-order chi connectivity index (χ0) is 21.9. The molecule has 3 saturated carbocycles. The highest BCUT2D eigenvalue weighted by molar-refractivity contribution is 5.92.